The number of thioether (sulfide) groups is 1. The Morgan fingerprint density at radius 3 is 2.94 bits per heavy atom. The van der Waals surface area contributed by atoms with E-state index in [1.54, 1.807) is 18.4 Å². The van der Waals surface area contributed by atoms with Gasteiger partial charge in [-0.1, -0.05) is 18.7 Å². The van der Waals surface area contributed by atoms with Gasteiger partial charge >= 0.3 is 5.69 Å². The number of H-pyrrole nitrogens is 1. The summed E-state index contributed by atoms with van der Waals surface area (Å²) in [5, 5.41) is 11.4. The molecule has 3 N–H and O–H groups in total. The van der Waals surface area contributed by atoms with Crippen LogP contribution >= 0.6 is 23.1 Å². The molecule has 0 spiro atoms. The van der Waals surface area contributed by atoms with E-state index < -0.39 is 0 Å². The maximum Gasteiger partial charge on any atom is 0.343 e. The van der Waals surface area contributed by atoms with Crippen molar-refractivity contribution in [2.24, 2.45) is 12.8 Å². The van der Waals surface area contributed by atoms with Crippen LogP contribution in [0.25, 0.3) is 0 Å². The molecule has 2 aromatic rings. The molecule has 2 rings (SSSR count). The summed E-state index contributed by atoms with van der Waals surface area (Å²) in [6.07, 6.45) is 0.881. The van der Waals surface area contributed by atoms with Crippen molar-refractivity contribution in [1.29, 1.82) is 0 Å². The minimum atomic E-state index is -0.202. The van der Waals surface area contributed by atoms with Gasteiger partial charge in [0.1, 0.15) is 0 Å². The SMILES string of the molecule is CCC(N)C(Sc1n[nH]c(=O)n1C)c1ccsc1. The molecule has 98 valence electrons. The molecule has 7 heteroatoms. The van der Waals surface area contributed by atoms with E-state index in [-0.39, 0.29) is 17.0 Å². The molecule has 0 aliphatic carbocycles. The van der Waals surface area contributed by atoms with Gasteiger partial charge in [-0.25, -0.2) is 9.89 Å². The molecule has 0 amide bonds. The molecule has 0 aromatic carbocycles. The second-order valence-corrected chi connectivity index (χ2v) is 5.93. The molecular formula is C11H16N4OS2. The molecule has 0 radical (unpaired) electrons. The first-order chi connectivity index (χ1) is 8.63. The number of hydrogen-bond acceptors (Lipinski definition) is 5. The molecular weight excluding hydrogens is 268 g/mol. The van der Waals surface area contributed by atoms with E-state index in [1.807, 2.05) is 5.38 Å². The lowest BCUT2D eigenvalue weighted by atomic mass is 10.1. The topological polar surface area (TPSA) is 76.7 Å². The minimum absolute atomic E-state index is 0.0383. The standard InChI is InChI=1S/C11H16N4OS2/c1-3-8(12)9(7-4-5-17-6-7)18-11-14-13-10(16)15(11)2/h4-6,8-9H,3,12H2,1-2H3,(H,13,16). The summed E-state index contributed by atoms with van der Waals surface area (Å²) in [4.78, 5) is 11.3. The molecule has 0 aliphatic rings. The zero-order valence-electron chi connectivity index (χ0n) is 10.3. The van der Waals surface area contributed by atoms with Crippen LogP contribution in [0, 0.1) is 0 Å². The fourth-order valence-electron chi connectivity index (χ4n) is 1.61. The van der Waals surface area contributed by atoms with Gasteiger partial charge in [0.05, 0.1) is 5.25 Å². The summed E-state index contributed by atoms with van der Waals surface area (Å²) < 4.78 is 1.51. The van der Waals surface area contributed by atoms with Crippen LogP contribution in [-0.4, -0.2) is 20.8 Å². The van der Waals surface area contributed by atoms with Crippen molar-refractivity contribution in [3.05, 3.63) is 32.9 Å². The quantitative estimate of drug-likeness (QED) is 0.820. The second kappa shape index (κ2) is 5.73. The van der Waals surface area contributed by atoms with Crippen LogP contribution in [-0.2, 0) is 7.05 Å². The van der Waals surface area contributed by atoms with Gasteiger partial charge in [0.25, 0.3) is 0 Å². The predicted molar refractivity (Wildman–Crippen MR) is 75.0 cm³/mol. The smallest absolute Gasteiger partial charge is 0.326 e. The van der Waals surface area contributed by atoms with Crippen molar-refractivity contribution in [3.63, 3.8) is 0 Å². The van der Waals surface area contributed by atoms with Gasteiger partial charge in [0.15, 0.2) is 5.16 Å². The molecule has 2 atom stereocenters. The van der Waals surface area contributed by atoms with E-state index >= 15 is 0 Å². The van der Waals surface area contributed by atoms with E-state index in [9.17, 15) is 4.79 Å². The van der Waals surface area contributed by atoms with Crippen molar-refractivity contribution >= 4 is 23.1 Å². The van der Waals surface area contributed by atoms with Crippen molar-refractivity contribution in [2.75, 3.05) is 0 Å². The van der Waals surface area contributed by atoms with E-state index in [1.165, 1.54) is 21.9 Å². The fraction of sp³-hybridized carbons (Fsp3) is 0.455. The van der Waals surface area contributed by atoms with Crippen LogP contribution in [0.1, 0.15) is 24.2 Å². The van der Waals surface area contributed by atoms with Gasteiger partial charge in [0.2, 0.25) is 0 Å². The first-order valence-corrected chi connectivity index (χ1v) is 7.51. The predicted octanol–water partition coefficient (Wildman–Crippen LogP) is 1.74. The normalized spacial score (nSPS) is 14.6. The zero-order chi connectivity index (χ0) is 13.1. The third-order valence-corrected chi connectivity index (χ3v) is 4.96. The molecule has 2 unspecified atom stereocenters. The number of thiophene rings is 1. The van der Waals surface area contributed by atoms with E-state index in [4.69, 9.17) is 5.73 Å². The lowest BCUT2D eigenvalue weighted by Gasteiger charge is -2.20. The third kappa shape index (κ3) is 2.68. The van der Waals surface area contributed by atoms with Crippen molar-refractivity contribution in [2.45, 2.75) is 29.8 Å². The van der Waals surface area contributed by atoms with Crippen LogP contribution in [0.15, 0.2) is 26.8 Å². The van der Waals surface area contributed by atoms with Gasteiger partial charge in [-0.2, -0.15) is 11.3 Å². The first-order valence-electron chi connectivity index (χ1n) is 5.69. The molecule has 0 aliphatic heterocycles. The lowest BCUT2D eigenvalue weighted by Crippen LogP contribution is -2.25. The fourth-order valence-corrected chi connectivity index (χ4v) is 3.60. The number of aromatic amines is 1. The van der Waals surface area contributed by atoms with Gasteiger partial charge < -0.3 is 5.73 Å². The van der Waals surface area contributed by atoms with Gasteiger partial charge in [-0.05, 0) is 28.8 Å². The molecule has 2 heterocycles. The third-order valence-electron chi connectivity index (χ3n) is 2.80. The van der Waals surface area contributed by atoms with Crippen molar-refractivity contribution in [1.82, 2.24) is 14.8 Å². The van der Waals surface area contributed by atoms with Crippen LogP contribution in [0.2, 0.25) is 0 Å². The van der Waals surface area contributed by atoms with Gasteiger partial charge in [0, 0.05) is 13.1 Å². The first kappa shape index (κ1) is 13.4. The molecule has 18 heavy (non-hydrogen) atoms. The Kier molecular flexibility index (Phi) is 4.26. The largest absolute Gasteiger partial charge is 0.343 e. The lowest BCUT2D eigenvalue weighted by molar-refractivity contribution is 0.631. The molecule has 0 bridgehead atoms. The van der Waals surface area contributed by atoms with Crippen LogP contribution < -0.4 is 11.4 Å². The highest BCUT2D eigenvalue weighted by molar-refractivity contribution is 7.99. The minimum Gasteiger partial charge on any atom is -0.326 e. The van der Waals surface area contributed by atoms with Crippen molar-refractivity contribution < 1.29 is 0 Å². The number of rotatable bonds is 5. The molecule has 5 nitrogen and oxygen atoms in total. The Balaban J connectivity index is 2.26. The van der Waals surface area contributed by atoms with Gasteiger partial charge in [-0.15, -0.1) is 5.10 Å². The van der Waals surface area contributed by atoms with E-state index in [0.29, 0.717) is 5.16 Å². The Hall–Kier alpha value is -1.05. The highest BCUT2D eigenvalue weighted by Crippen LogP contribution is 2.37. The summed E-state index contributed by atoms with van der Waals surface area (Å²) in [6.45, 7) is 2.06. The molecule has 0 saturated heterocycles. The average molecular weight is 284 g/mol. The molecule has 2 aromatic heterocycles. The number of aromatic nitrogens is 3. The average Bonchev–Trinajstić information content (AvgIpc) is 2.99. The van der Waals surface area contributed by atoms with Gasteiger partial charge in [-0.3, -0.25) is 4.57 Å². The van der Waals surface area contributed by atoms with Crippen LogP contribution in [0.5, 0.6) is 0 Å². The molecule has 0 saturated carbocycles. The summed E-state index contributed by atoms with van der Waals surface area (Å²) in [6, 6.07) is 2.11. The Morgan fingerprint density at radius 1 is 1.67 bits per heavy atom. The Bertz CT molecular complexity index is 546. The number of nitrogens with zero attached hydrogens (tertiary/aromatic N) is 2. The van der Waals surface area contributed by atoms with Crippen LogP contribution in [0.4, 0.5) is 0 Å². The maximum absolute atomic E-state index is 11.3. The highest BCUT2D eigenvalue weighted by atomic mass is 32.2. The summed E-state index contributed by atoms with van der Waals surface area (Å²) in [5.41, 5.74) is 7.16. The number of nitrogens with two attached hydrogens (primary N) is 1. The maximum atomic E-state index is 11.3. The summed E-state index contributed by atoms with van der Waals surface area (Å²) in [5.74, 6) is 0. The second-order valence-electron chi connectivity index (χ2n) is 4.04. The van der Waals surface area contributed by atoms with Crippen LogP contribution in [0.3, 0.4) is 0 Å². The van der Waals surface area contributed by atoms with E-state index in [2.05, 4.69) is 28.6 Å². The number of hydrogen-bond donors (Lipinski definition) is 2. The monoisotopic (exact) mass is 284 g/mol. The Morgan fingerprint density at radius 2 is 2.44 bits per heavy atom. The molecule has 0 fully saturated rings. The number of nitrogens with one attached hydrogen (secondary N) is 1. The summed E-state index contributed by atoms with van der Waals surface area (Å²) in [7, 11) is 1.70. The highest BCUT2D eigenvalue weighted by Gasteiger charge is 2.22. The van der Waals surface area contributed by atoms with E-state index in [0.717, 1.165) is 6.42 Å². The Labute approximate surface area is 113 Å². The zero-order valence-corrected chi connectivity index (χ0v) is 11.9. The summed E-state index contributed by atoms with van der Waals surface area (Å²) >= 11 is 3.18. The van der Waals surface area contributed by atoms with Crippen molar-refractivity contribution in [3.8, 4) is 0 Å².